The fourth-order valence-corrected chi connectivity index (χ4v) is 3.61. The lowest BCUT2D eigenvalue weighted by molar-refractivity contribution is 0.200. The van der Waals surface area contributed by atoms with E-state index in [1.54, 1.807) is 0 Å². The van der Waals surface area contributed by atoms with Crippen LogP contribution in [0.3, 0.4) is 0 Å². The molecule has 0 radical (unpaired) electrons. The van der Waals surface area contributed by atoms with E-state index in [2.05, 4.69) is 23.2 Å². The Morgan fingerprint density at radius 2 is 1.95 bits per heavy atom. The predicted molar refractivity (Wildman–Crippen MR) is 81.0 cm³/mol. The van der Waals surface area contributed by atoms with Crippen LogP contribution < -0.4 is 5.32 Å². The second-order valence-electron chi connectivity index (χ2n) is 5.77. The van der Waals surface area contributed by atoms with Crippen LogP contribution in [-0.4, -0.2) is 30.1 Å². The highest BCUT2D eigenvalue weighted by molar-refractivity contribution is 6.42. The Balaban J connectivity index is 1.75. The molecule has 0 amide bonds. The van der Waals surface area contributed by atoms with Crippen molar-refractivity contribution in [1.29, 1.82) is 0 Å². The minimum atomic E-state index is 0.399. The maximum atomic E-state index is 6.13. The van der Waals surface area contributed by atoms with Gasteiger partial charge in [-0.1, -0.05) is 29.3 Å². The number of halogens is 2. The molecule has 2 heterocycles. The van der Waals surface area contributed by atoms with E-state index in [1.165, 1.54) is 24.8 Å². The van der Waals surface area contributed by atoms with Crippen LogP contribution >= 0.6 is 23.2 Å². The summed E-state index contributed by atoms with van der Waals surface area (Å²) in [5.74, 6) is 0. The van der Waals surface area contributed by atoms with E-state index in [-0.39, 0.29) is 0 Å². The van der Waals surface area contributed by atoms with Crippen LogP contribution in [0.1, 0.15) is 37.8 Å². The smallest absolute Gasteiger partial charge is 0.0595 e. The highest BCUT2D eigenvalue weighted by atomic mass is 35.5. The maximum Gasteiger partial charge on any atom is 0.0595 e. The van der Waals surface area contributed by atoms with Gasteiger partial charge < -0.3 is 5.32 Å². The fourth-order valence-electron chi connectivity index (χ4n) is 3.30. The summed E-state index contributed by atoms with van der Waals surface area (Å²) in [6.07, 6.45) is 3.91. The second-order valence-corrected chi connectivity index (χ2v) is 6.59. The molecular formula is C15H20Cl2N2. The van der Waals surface area contributed by atoms with Crippen molar-refractivity contribution in [3.63, 3.8) is 0 Å². The monoisotopic (exact) mass is 298 g/mol. The summed E-state index contributed by atoms with van der Waals surface area (Å²) < 4.78 is 0. The molecular weight excluding hydrogens is 279 g/mol. The van der Waals surface area contributed by atoms with Crippen LogP contribution in [0.4, 0.5) is 0 Å². The topological polar surface area (TPSA) is 15.3 Å². The van der Waals surface area contributed by atoms with Crippen LogP contribution in [-0.2, 0) is 0 Å². The molecule has 3 rings (SSSR count). The van der Waals surface area contributed by atoms with Crippen molar-refractivity contribution in [1.82, 2.24) is 10.2 Å². The van der Waals surface area contributed by atoms with Gasteiger partial charge in [-0.25, -0.2) is 0 Å². The number of rotatable bonds is 2. The molecule has 2 saturated heterocycles. The van der Waals surface area contributed by atoms with Gasteiger partial charge in [0.25, 0.3) is 0 Å². The summed E-state index contributed by atoms with van der Waals surface area (Å²) in [7, 11) is 0. The summed E-state index contributed by atoms with van der Waals surface area (Å²) in [5, 5.41) is 5.01. The van der Waals surface area contributed by atoms with Gasteiger partial charge in [-0.3, -0.25) is 4.90 Å². The first-order valence-electron chi connectivity index (χ1n) is 7.08. The van der Waals surface area contributed by atoms with Gasteiger partial charge in [-0.15, -0.1) is 0 Å². The number of benzene rings is 1. The van der Waals surface area contributed by atoms with Crippen LogP contribution in [0.5, 0.6) is 0 Å². The Kier molecular flexibility index (Phi) is 4.04. The molecule has 1 N–H and O–H groups in total. The quantitative estimate of drug-likeness (QED) is 0.891. The molecule has 19 heavy (non-hydrogen) atoms. The lowest BCUT2D eigenvalue weighted by Crippen LogP contribution is -2.36. The molecule has 2 bridgehead atoms. The minimum Gasteiger partial charge on any atom is -0.310 e. The summed E-state index contributed by atoms with van der Waals surface area (Å²) in [6, 6.07) is 7.79. The fraction of sp³-hybridized carbons (Fsp3) is 0.600. The summed E-state index contributed by atoms with van der Waals surface area (Å²) in [4.78, 5) is 2.57. The molecule has 2 nitrogen and oxygen atoms in total. The van der Waals surface area contributed by atoms with Crippen LogP contribution in [0.2, 0.25) is 10.0 Å². The highest BCUT2D eigenvalue weighted by Gasteiger charge is 2.31. The van der Waals surface area contributed by atoms with Gasteiger partial charge in [0.1, 0.15) is 0 Å². The zero-order valence-corrected chi connectivity index (χ0v) is 12.7. The Morgan fingerprint density at radius 1 is 1.16 bits per heavy atom. The normalized spacial score (nSPS) is 29.2. The SMILES string of the molecule is CC(c1ccc(Cl)c(Cl)c1)N1CCC2CCC(C1)N2. The molecule has 4 heteroatoms. The van der Waals surface area contributed by atoms with Gasteiger partial charge in [-0.05, 0) is 43.9 Å². The third kappa shape index (κ3) is 2.92. The first-order valence-corrected chi connectivity index (χ1v) is 7.84. The van der Waals surface area contributed by atoms with Crippen LogP contribution in [0, 0.1) is 0 Å². The zero-order valence-electron chi connectivity index (χ0n) is 11.2. The van der Waals surface area contributed by atoms with Gasteiger partial charge >= 0.3 is 0 Å². The molecule has 104 valence electrons. The number of nitrogens with one attached hydrogen (secondary N) is 1. The first-order chi connectivity index (χ1) is 9.13. The molecule has 2 aliphatic heterocycles. The van der Waals surface area contributed by atoms with Crippen molar-refractivity contribution >= 4 is 23.2 Å². The van der Waals surface area contributed by atoms with Crippen molar-refractivity contribution in [2.45, 2.75) is 44.3 Å². The molecule has 2 aliphatic rings. The standard InChI is InChI=1S/C15H20Cl2N2/c1-10(11-2-5-14(16)15(17)8-11)19-7-6-12-3-4-13(9-19)18-12/h2,5,8,10,12-13,18H,3-4,6-7,9H2,1H3. The molecule has 1 aromatic carbocycles. The largest absolute Gasteiger partial charge is 0.310 e. The average molecular weight is 299 g/mol. The van der Waals surface area contributed by atoms with Gasteiger partial charge in [0, 0.05) is 31.2 Å². The Bertz CT molecular complexity index is 463. The van der Waals surface area contributed by atoms with Crippen LogP contribution in [0.15, 0.2) is 18.2 Å². The van der Waals surface area contributed by atoms with Gasteiger partial charge in [-0.2, -0.15) is 0 Å². The van der Waals surface area contributed by atoms with Gasteiger partial charge in [0.05, 0.1) is 10.0 Å². The first kappa shape index (κ1) is 13.7. The minimum absolute atomic E-state index is 0.399. The van der Waals surface area contributed by atoms with Crippen molar-refractivity contribution < 1.29 is 0 Å². The van der Waals surface area contributed by atoms with E-state index < -0.39 is 0 Å². The summed E-state index contributed by atoms with van der Waals surface area (Å²) in [5.41, 5.74) is 1.26. The van der Waals surface area contributed by atoms with Crippen LogP contribution in [0.25, 0.3) is 0 Å². The predicted octanol–water partition coefficient (Wildman–Crippen LogP) is 3.88. The Labute approximate surface area is 125 Å². The molecule has 1 aromatic rings. The van der Waals surface area contributed by atoms with E-state index in [0.29, 0.717) is 22.1 Å². The number of nitrogens with zero attached hydrogens (tertiary/aromatic N) is 1. The van der Waals surface area contributed by atoms with E-state index in [1.807, 2.05) is 12.1 Å². The van der Waals surface area contributed by atoms with Gasteiger partial charge in [0.15, 0.2) is 0 Å². The molecule has 0 saturated carbocycles. The van der Waals surface area contributed by atoms with E-state index >= 15 is 0 Å². The molecule has 3 atom stereocenters. The van der Waals surface area contributed by atoms with Crippen molar-refractivity contribution in [2.75, 3.05) is 13.1 Å². The lowest BCUT2D eigenvalue weighted by atomic mass is 10.0. The Hall–Kier alpha value is -0.280. The zero-order chi connectivity index (χ0) is 13.4. The van der Waals surface area contributed by atoms with Crippen molar-refractivity contribution in [3.05, 3.63) is 33.8 Å². The number of fused-ring (bicyclic) bond motifs is 2. The Morgan fingerprint density at radius 3 is 2.74 bits per heavy atom. The highest BCUT2D eigenvalue weighted by Crippen LogP contribution is 2.30. The number of hydrogen-bond donors (Lipinski definition) is 1. The van der Waals surface area contributed by atoms with Gasteiger partial charge in [0.2, 0.25) is 0 Å². The van der Waals surface area contributed by atoms with E-state index in [9.17, 15) is 0 Å². The second kappa shape index (κ2) is 5.61. The molecule has 2 fully saturated rings. The van der Waals surface area contributed by atoms with E-state index in [0.717, 1.165) is 19.1 Å². The summed E-state index contributed by atoms with van der Waals surface area (Å²) >= 11 is 12.1. The average Bonchev–Trinajstić information content (AvgIpc) is 2.72. The summed E-state index contributed by atoms with van der Waals surface area (Å²) in [6.45, 7) is 4.56. The molecule has 0 spiro atoms. The molecule has 0 aromatic heterocycles. The van der Waals surface area contributed by atoms with Crippen molar-refractivity contribution in [3.8, 4) is 0 Å². The third-order valence-electron chi connectivity index (χ3n) is 4.53. The molecule has 3 unspecified atom stereocenters. The van der Waals surface area contributed by atoms with E-state index in [4.69, 9.17) is 23.2 Å². The lowest BCUT2D eigenvalue weighted by Gasteiger charge is -2.30. The molecule has 0 aliphatic carbocycles. The van der Waals surface area contributed by atoms with Crippen molar-refractivity contribution in [2.24, 2.45) is 0 Å². The third-order valence-corrected chi connectivity index (χ3v) is 5.27. The number of hydrogen-bond acceptors (Lipinski definition) is 2. The maximum absolute atomic E-state index is 6.13. The number of likely N-dealkylation sites (tertiary alicyclic amines) is 1.